The van der Waals surface area contributed by atoms with Gasteiger partial charge in [0.2, 0.25) is 0 Å². The van der Waals surface area contributed by atoms with Crippen molar-refractivity contribution in [3.05, 3.63) is 26.8 Å². The summed E-state index contributed by atoms with van der Waals surface area (Å²) < 4.78 is 6.31. The minimum atomic E-state index is -0.434. The molecule has 0 atom stereocenters. The van der Waals surface area contributed by atoms with Crippen LogP contribution in [-0.4, -0.2) is 18.1 Å². The first-order valence-electron chi connectivity index (χ1n) is 5.69. The van der Waals surface area contributed by atoms with Crippen molar-refractivity contribution in [2.24, 2.45) is 0 Å². The van der Waals surface area contributed by atoms with E-state index < -0.39 is 5.60 Å². The van der Waals surface area contributed by atoms with Crippen molar-refractivity contribution in [2.45, 2.75) is 32.8 Å². The second-order valence-corrected chi connectivity index (χ2v) is 6.54. The summed E-state index contributed by atoms with van der Waals surface area (Å²) in [5, 5.41) is 3.79. The molecule has 0 bridgehead atoms. The van der Waals surface area contributed by atoms with E-state index in [4.69, 9.17) is 16.3 Å². The zero-order valence-electron chi connectivity index (χ0n) is 10.7. The molecule has 1 aromatic rings. The van der Waals surface area contributed by atoms with Gasteiger partial charge in [0.05, 0.1) is 17.1 Å². The molecule has 0 amide bonds. The molecule has 5 heteroatoms. The van der Waals surface area contributed by atoms with Crippen LogP contribution >= 0.6 is 34.2 Å². The summed E-state index contributed by atoms with van der Waals surface area (Å²) in [6.07, 6.45) is 0.319. The summed E-state index contributed by atoms with van der Waals surface area (Å²) in [5.41, 5.74) is 0.406. The molecule has 1 rings (SSSR count). The van der Waals surface area contributed by atoms with Gasteiger partial charge in [-0.25, -0.2) is 0 Å². The Morgan fingerprint density at radius 2 is 2.11 bits per heavy atom. The fourth-order valence-corrected chi connectivity index (χ4v) is 2.00. The lowest BCUT2D eigenvalue weighted by Gasteiger charge is -2.19. The van der Waals surface area contributed by atoms with Crippen molar-refractivity contribution in [3.63, 3.8) is 0 Å². The average molecular weight is 382 g/mol. The van der Waals surface area contributed by atoms with Crippen LogP contribution in [0.5, 0.6) is 0 Å². The third kappa shape index (κ3) is 5.91. The standard InChI is InChI=1S/C13H17ClINO2/c1-13(2,3)18-12(17)6-7-16-11-8-9(15)4-5-10(11)14/h4-5,8,16H,6-7H2,1-3H3. The number of esters is 1. The van der Waals surface area contributed by atoms with Crippen LogP contribution < -0.4 is 5.32 Å². The van der Waals surface area contributed by atoms with Crippen LogP contribution in [0.15, 0.2) is 18.2 Å². The molecular formula is C13H17ClINO2. The van der Waals surface area contributed by atoms with E-state index in [1.54, 1.807) is 0 Å². The molecule has 0 unspecified atom stereocenters. The first-order chi connectivity index (χ1) is 8.28. The highest BCUT2D eigenvalue weighted by Crippen LogP contribution is 2.23. The lowest BCUT2D eigenvalue weighted by atomic mass is 10.2. The van der Waals surface area contributed by atoms with E-state index in [2.05, 4.69) is 27.9 Å². The zero-order valence-corrected chi connectivity index (χ0v) is 13.6. The summed E-state index contributed by atoms with van der Waals surface area (Å²) in [7, 11) is 0. The second-order valence-electron chi connectivity index (χ2n) is 4.89. The molecular weight excluding hydrogens is 365 g/mol. The summed E-state index contributed by atoms with van der Waals surface area (Å²) in [4.78, 5) is 11.5. The van der Waals surface area contributed by atoms with Gasteiger partial charge in [-0.05, 0) is 61.6 Å². The Morgan fingerprint density at radius 3 is 2.72 bits per heavy atom. The number of nitrogens with one attached hydrogen (secondary N) is 1. The van der Waals surface area contributed by atoms with E-state index in [0.29, 0.717) is 18.0 Å². The van der Waals surface area contributed by atoms with Gasteiger partial charge in [-0.1, -0.05) is 11.6 Å². The number of anilines is 1. The number of halogens is 2. The van der Waals surface area contributed by atoms with E-state index in [0.717, 1.165) is 9.26 Å². The van der Waals surface area contributed by atoms with E-state index in [1.165, 1.54) is 0 Å². The second kappa shape index (κ2) is 6.61. The monoisotopic (exact) mass is 381 g/mol. The van der Waals surface area contributed by atoms with Gasteiger partial charge >= 0.3 is 5.97 Å². The van der Waals surface area contributed by atoms with E-state index in [1.807, 2.05) is 39.0 Å². The SMILES string of the molecule is CC(C)(C)OC(=O)CCNc1cc(I)ccc1Cl. The van der Waals surface area contributed by atoms with Gasteiger partial charge in [-0.3, -0.25) is 4.79 Å². The number of carbonyl (C=O) groups excluding carboxylic acids is 1. The quantitative estimate of drug-likeness (QED) is 0.631. The van der Waals surface area contributed by atoms with Crippen molar-refractivity contribution < 1.29 is 9.53 Å². The Balaban J connectivity index is 2.42. The fourth-order valence-electron chi connectivity index (χ4n) is 1.32. The van der Waals surface area contributed by atoms with Crippen LogP contribution in [0.4, 0.5) is 5.69 Å². The molecule has 100 valence electrons. The smallest absolute Gasteiger partial charge is 0.308 e. The van der Waals surface area contributed by atoms with Gasteiger partial charge < -0.3 is 10.1 Å². The number of benzene rings is 1. The van der Waals surface area contributed by atoms with Crippen LogP contribution in [0.25, 0.3) is 0 Å². The molecule has 0 aliphatic rings. The van der Waals surface area contributed by atoms with E-state index in [-0.39, 0.29) is 5.97 Å². The van der Waals surface area contributed by atoms with Crippen LogP contribution in [-0.2, 0) is 9.53 Å². The van der Waals surface area contributed by atoms with Gasteiger partial charge in [0.15, 0.2) is 0 Å². The van der Waals surface area contributed by atoms with Gasteiger partial charge in [0.25, 0.3) is 0 Å². The maximum atomic E-state index is 11.5. The van der Waals surface area contributed by atoms with Gasteiger partial charge in [-0.2, -0.15) is 0 Å². The van der Waals surface area contributed by atoms with Crippen LogP contribution in [0.1, 0.15) is 27.2 Å². The number of hydrogen-bond donors (Lipinski definition) is 1. The van der Waals surface area contributed by atoms with Crippen molar-refractivity contribution in [1.29, 1.82) is 0 Å². The van der Waals surface area contributed by atoms with Crippen molar-refractivity contribution in [1.82, 2.24) is 0 Å². The predicted molar refractivity (Wildman–Crippen MR) is 83.1 cm³/mol. The topological polar surface area (TPSA) is 38.3 Å². The molecule has 0 fully saturated rings. The fraction of sp³-hybridized carbons (Fsp3) is 0.462. The summed E-state index contributed by atoms with van der Waals surface area (Å²) >= 11 is 8.25. The van der Waals surface area contributed by atoms with Crippen molar-refractivity contribution in [2.75, 3.05) is 11.9 Å². The average Bonchev–Trinajstić information content (AvgIpc) is 2.20. The molecule has 18 heavy (non-hydrogen) atoms. The van der Waals surface area contributed by atoms with Crippen LogP contribution in [0, 0.1) is 3.57 Å². The summed E-state index contributed by atoms with van der Waals surface area (Å²) in [6, 6.07) is 5.71. The molecule has 0 aromatic heterocycles. The Hall–Kier alpha value is -0.490. The van der Waals surface area contributed by atoms with Crippen LogP contribution in [0.3, 0.4) is 0 Å². The molecule has 1 N–H and O–H groups in total. The van der Waals surface area contributed by atoms with Gasteiger partial charge in [0.1, 0.15) is 5.60 Å². The van der Waals surface area contributed by atoms with Gasteiger partial charge in [-0.15, -0.1) is 0 Å². The minimum Gasteiger partial charge on any atom is -0.460 e. The Kier molecular flexibility index (Phi) is 5.72. The number of hydrogen-bond acceptors (Lipinski definition) is 3. The third-order valence-electron chi connectivity index (χ3n) is 1.99. The molecule has 0 aliphatic heterocycles. The molecule has 0 heterocycles. The maximum absolute atomic E-state index is 11.5. The minimum absolute atomic E-state index is 0.211. The Bertz CT molecular complexity index is 429. The molecule has 0 aliphatic carbocycles. The number of ether oxygens (including phenoxy) is 1. The largest absolute Gasteiger partial charge is 0.460 e. The van der Waals surface area contributed by atoms with Crippen LogP contribution in [0.2, 0.25) is 5.02 Å². The third-order valence-corrected chi connectivity index (χ3v) is 2.99. The van der Waals surface area contributed by atoms with Gasteiger partial charge in [0, 0.05) is 10.1 Å². The first-order valence-corrected chi connectivity index (χ1v) is 7.14. The molecule has 0 radical (unpaired) electrons. The maximum Gasteiger partial charge on any atom is 0.308 e. The predicted octanol–water partition coefficient (Wildman–Crippen LogP) is 4.09. The molecule has 0 spiro atoms. The molecule has 1 aromatic carbocycles. The van der Waals surface area contributed by atoms with E-state index >= 15 is 0 Å². The highest BCUT2D eigenvalue weighted by atomic mass is 127. The summed E-state index contributed by atoms with van der Waals surface area (Å²) in [5.74, 6) is -0.211. The highest BCUT2D eigenvalue weighted by molar-refractivity contribution is 14.1. The van der Waals surface area contributed by atoms with Crippen molar-refractivity contribution >= 4 is 45.8 Å². The lowest BCUT2D eigenvalue weighted by Crippen LogP contribution is -2.25. The Labute approximate surface area is 126 Å². The number of rotatable bonds is 4. The number of carbonyl (C=O) groups is 1. The molecule has 0 saturated carbocycles. The van der Waals surface area contributed by atoms with E-state index in [9.17, 15) is 4.79 Å². The first kappa shape index (κ1) is 15.6. The Morgan fingerprint density at radius 1 is 1.44 bits per heavy atom. The summed E-state index contributed by atoms with van der Waals surface area (Å²) in [6.45, 7) is 6.08. The van der Waals surface area contributed by atoms with Crippen molar-refractivity contribution in [3.8, 4) is 0 Å². The molecule has 3 nitrogen and oxygen atoms in total. The normalized spacial score (nSPS) is 11.2. The lowest BCUT2D eigenvalue weighted by molar-refractivity contribution is -0.154. The zero-order chi connectivity index (χ0) is 13.8. The molecule has 0 saturated heterocycles. The highest BCUT2D eigenvalue weighted by Gasteiger charge is 2.15.